The van der Waals surface area contributed by atoms with Gasteiger partial charge in [0, 0.05) is 0 Å². The van der Waals surface area contributed by atoms with Crippen LogP contribution in [-0.4, -0.2) is 27.1 Å². The van der Waals surface area contributed by atoms with Crippen molar-refractivity contribution in [3.8, 4) is 0 Å². The zero-order valence-corrected chi connectivity index (χ0v) is 5.84. The molecule has 0 aliphatic heterocycles. The van der Waals surface area contributed by atoms with E-state index in [0.717, 1.165) is 0 Å². The molecular weight excluding hydrogens is 113 g/mol. The summed E-state index contributed by atoms with van der Waals surface area (Å²) in [5.74, 6) is 0. The molecule has 0 bridgehead atoms. The predicted molar refractivity (Wildman–Crippen MR) is 39.6 cm³/mol. The van der Waals surface area contributed by atoms with E-state index >= 15 is 0 Å². The van der Waals surface area contributed by atoms with Gasteiger partial charge in [0.15, 0.2) is 0 Å². The van der Waals surface area contributed by atoms with Crippen LogP contribution in [0.5, 0.6) is 0 Å². The molecule has 0 unspecified atom stereocenters. The second kappa shape index (κ2) is 4.05. The molecule has 0 fully saturated rings. The van der Waals surface area contributed by atoms with Crippen LogP contribution in [0.3, 0.4) is 0 Å². The average Bonchev–Trinajstić information content (AvgIpc) is 1.30. The van der Waals surface area contributed by atoms with Gasteiger partial charge in [-0.15, -0.1) is 4.78 Å². The van der Waals surface area contributed by atoms with Gasteiger partial charge in [0.25, 0.3) is 0 Å². The summed E-state index contributed by atoms with van der Waals surface area (Å²) in [4.78, 5) is 2.69. The van der Waals surface area contributed by atoms with E-state index in [9.17, 15) is 0 Å². The number of nitrogens with zero attached hydrogens (tertiary/aromatic N) is 3. The maximum atomic E-state index is 7.89. The van der Waals surface area contributed by atoms with Crippen LogP contribution < -0.4 is 0 Å². The van der Waals surface area contributed by atoms with E-state index in [2.05, 4.69) is 9.69 Å². The molecule has 0 saturated carbocycles. The Morgan fingerprint density at radius 1 is 1.38 bits per heavy atom. The molecule has 0 aromatic carbocycles. The van der Waals surface area contributed by atoms with Crippen molar-refractivity contribution < 1.29 is 0 Å². The SMILES string of the molecule is C[Si](C)(C)N=[N+]=[N-].[LiH]. The van der Waals surface area contributed by atoms with Gasteiger partial charge in [-0.1, -0.05) is 19.6 Å². The van der Waals surface area contributed by atoms with E-state index in [1.54, 1.807) is 0 Å². The summed E-state index contributed by atoms with van der Waals surface area (Å²) in [6, 6.07) is 0. The molecule has 0 aliphatic carbocycles. The van der Waals surface area contributed by atoms with Crippen LogP contribution in [0.1, 0.15) is 0 Å². The monoisotopic (exact) mass is 123 g/mol. The molecule has 0 atom stereocenters. The third-order valence-corrected chi connectivity index (χ3v) is 1.03. The molecule has 42 valence electrons. The van der Waals surface area contributed by atoms with Crippen LogP contribution >= 0.6 is 0 Å². The second-order valence-corrected chi connectivity index (χ2v) is 6.90. The Labute approximate surface area is 62.4 Å². The zero-order valence-electron chi connectivity index (χ0n) is 4.84. The van der Waals surface area contributed by atoms with Crippen LogP contribution in [0, 0.1) is 0 Å². The van der Waals surface area contributed by atoms with Gasteiger partial charge in [-0.25, -0.2) is 0 Å². The van der Waals surface area contributed by atoms with Gasteiger partial charge >= 0.3 is 18.9 Å². The summed E-state index contributed by atoms with van der Waals surface area (Å²) in [6.07, 6.45) is 0. The first-order chi connectivity index (χ1) is 3.06. The third kappa shape index (κ3) is 9.45. The zero-order chi connectivity index (χ0) is 5.91. The summed E-state index contributed by atoms with van der Waals surface area (Å²) in [6.45, 7) is 5.98. The summed E-state index contributed by atoms with van der Waals surface area (Å²) in [5.41, 5.74) is 7.89. The number of azide groups is 1. The maximum absolute atomic E-state index is 7.89. The van der Waals surface area contributed by atoms with Gasteiger partial charge in [-0.05, 0) is 10.4 Å². The first-order valence-electron chi connectivity index (χ1n) is 2.12. The van der Waals surface area contributed by atoms with Crippen LogP contribution in [0.2, 0.25) is 19.6 Å². The van der Waals surface area contributed by atoms with E-state index in [0.29, 0.717) is 0 Å². The molecule has 0 aromatic rings. The van der Waals surface area contributed by atoms with Crippen molar-refractivity contribution >= 4 is 27.1 Å². The van der Waals surface area contributed by atoms with Gasteiger partial charge in [0.2, 0.25) is 0 Å². The first kappa shape index (κ1) is 11.0. The fourth-order valence-electron chi connectivity index (χ4n) is 0.134. The van der Waals surface area contributed by atoms with E-state index in [4.69, 9.17) is 5.53 Å². The normalized spacial score (nSPS) is 8.88. The quantitative estimate of drug-likeness (QED) is 0.219. The van der Waals surface area contributed by atoms with Crippen molar-refractivity contribution in [3.63, 3.8) is 0 Å². The van der Waals surface area contributed by atoms with Crippen LogP contribution in [0.15, 0.2) is 4.78 Å². The van der Waals surface area contributed by atoms with Gasteiger partial charge in [0.1, 0.15) is 8.24 Å². The van der Waals surface area contributed by atoms with Crippen LogP contribution in [-0.2, 0) is 0 Å². The molecule has 0 amide bonds. The Morgan fingerprint density at radius 2 is 1.75 bits per heavy atom. The van der Waals surface area contributed by atoms with Crippen LogP contribution in [0.4, 0.5) is 0 Å². The van der Waals surface area contributed by atoms with Gasteiger partial charge in [-0.3, -0.25) is 0 Å². The molecule has 3 nitrogen and oxygen atoms in total. The fourth-order valence-corrected chi connectivity index (χ4v) is 0.402. The molecule has 0 heterocycles. The van der Waals surface area contributed by atoms with Gasteiger partial charge in [0.05, 0.1) is 0 Å². The Hall–Kier alpha value is 0.124. The average molecular weight is 123 g/mol. The van der Waals surface area contributed by atoms with Crippen molar-refractivity contribution in [3.05, 3.63) is 10.4 Å². The van der Waals surface area contributed by atoms with Crippen molar-refractivity contribution in [2.75, 3.05) is 0 Å². The number of hydrogen-bond donors (Lipinski definition) is 0. The second-order valence-electron chi connectivity index (χ2n) is 2.36. The Morgan fingerprint density at radius 3 is 1.75 bits per heavy atom. The molecule has 8 heavy (non-hydrogen) atoms. The van der Waals surface area contributed by atoms with Crippen molar-refractivity contribution in [1.82, 2.24) is 0 Å². The molecule has 0 spiro atoms. The topological polar surface area (TPSA) is 48.8 Å². The van der Waals surface area contributed by atoms with Crippen molar-refractivity contribution in [2.24, 2.45) is 4.78 Å². The Bertz CT molecular complexity index is 102. The minimum atomic E-state index is -1.45. The van der Waals surface area contributed by atoms with Crippen molar-refractivity contribution in [2.45, 2.75) is 19.6 Å². The summed E-state index contributed by atoms with van der Waals surface area (Å²) >= 11 is 0. The van der Waals surface area contributed by atoms with Gasteiger partial charge in [-0.2, -0.15) is 0 Å². The summed E-state index contributed by atoms with van der Waals surface area (Å²) in [7, 11) is -1.45. The van der Waals surface area contributed by atoms with Gasteiger partial charge < -0.3 is 0 Å². The standard InChI is InChI=1S/C3H9N3Si.Li.H/c1-7(2,3)6-5-4;;/h1-3H3;;. The molecular formula is C3H10LiN3Si. The Kier molecular flexibility index (Phi) is 5.56. The minimum absolute atomic E-state index is 0. The molecule has 0 aromatic heterocycles. The fraction of sp³-hybridized carbons (Fsp3) is 1.00. The summed E-state index contributed by atoms with van der Waals surface area (Å²) < 4.78 is 3.58. The first-order valence-corrected chi connectivity index (χ1v) is 5.57. The van der Waals surface area contributed by atoms with Crippen molar-refractivity contribution in [1.29, 1.82) is 0 Å². The molecule has 0 saturated heterocycles. The number of hydrogen-bond acceptors (Lipinski definition) is 1. The molecule has 0 radical (unpaired) electrons. The summed E-state index contributed by atoms with van der Waals surface area (Å²) in [5, 5.41) is 0. The van der Waals surface area contributed by atoms with E-state index in [1.165, 1.54) is 0 Å². The van der Waals surface area contributed by atoms with E-state index in [1.807, 2.05) is 19.6 Å². The third-order valence-electron chi connectivity index (χ3n) is 0.345. The number of rotatable bonds is 1. The molecule has 0 aliphatic rings. The molecule has 5 heteroatoms. The molecule has 0 rings (SSSR count). The molecule has 0 N–H and O–H groups in total. The van der Waals surface area contributed by atoms with E-state index in [-0.39, 0.29) is 18.9 Å². The van der Waals surface area contributed by atoms with Crippen LogP contribution in [0.25, 0.3) is 10.4 Å². The predicted octanol–water partition coefficient (Wildman–Crippen LogP) is 1.48. The Balaban J connectivity index is 0. The van der Waals surface area contributed by atoms with E-state index < -0.39 is 8.24 Å².